The lowest BCUT2D eigenvalue weighted by atomic mass is 10.0. The van der Waals surface area contributed by atoms with E-state index in [4.69, 9.17) is 5.26 Å². The van der Waals surface area contributed by atoms with Crippen LogP contribution in [0.2, 0.25) is 0 Å². The molecule has 0 aliphatic heterocycles. The highest BCUT2D eigenvalue weighted by Crippen LogP contribution is 2.47. The summed E-state index contributed by atoms with van der Waals surface area (Å²) in [4.78, 5) is 0. The molecule has 0 aromatic heterocycles. The van der Waals surface area contributed by atoms with E-state index in [9.17, 15) is 0 Å². The Balaban J connectivity index is 1.89. The Morgan fingerprint density at radius 2 is 2.18 bits per heavy atom. The second-order valence-electron chi connectivity index (χ2n) is 5.21. The monoisotopic (exact) mass is 228 g/mol. The molecule has 2 rings (SSSR count). The molecule has 1 aromatic carbocycles. The average molecular weight is 228 g/mol. The van der Waals surface area contributed by atoms with Crippen LogP contribution in [0.4, 0.5) is 0 Å². The molecule has 90 valence electrons. The van der Waals surface area contributed by atoms with Gasteiger partial charge >= 0.3 is 0 Å². The molecule has 2 nitrogen and oxygen atoms in total. The Morgan fingerprint density at radius 1 is 1.41 bits per heavy atom. The van der Waals surface area contributed by atoms with Crippen molar-refractivity contribution >= 4 is 0 Å². The Kier molecular flexibility index (Phi) is 3.49. The standard InChI is InChI=1S/C15H20N2/c1-3-15(6-7-15)11-17-10-14-5-4-13(9-16)8-12(14)2/h4-5,8,17H,3,6-7,10-11H2,1-2H3. The number of hydrogen-bond acceptors (Lipinski definition) is 2. The highest BCUT2D eigenvalue weighted by atomic mass is 14.9. The molecule has 0 spiro atoms. The fraction of sp³-hybridized carbons (Fsp3) is 0.533. The largest absolute Gasteiger partial charge is 0.312 e. The fourth-order valence-electron chi connectivity index (χ4n) is 2.26. The van der Waals surface area contributed by atoms with Gasteiger partial charge in [-0.3, -0.25) is 0 Å². The summed E-state index contributed by atoms with van der Waals surface area (Å²) in [6.07, 6.45) is 4.04. The van der Waals surface area contributed by atoms with Crippen molar-refractivity contribution in [2.24, 2.45) is 5.41 Å². The summed E-state index contributed by atoms with van der Waals surface area (Å²) in [7, 11) is 0. The zero-order chi connectivity index (χ0) is 12.3. The Bertz CT molecular complexity index is 439. The van der Waals surface area contributed by atoms with Gasteiger partial charge in [-0.2, -0.15) is 5.26 Å². The molecule has 0 saturated heterocycles. The molecule has 1 aliphatic rings. The van der Waals surface area contributed by atoms with Gasteiger partial charge in [-0.1, -0.05) is 13.0 Å². The van der Waals surface area contributed by atoms with Gasteiger partial charge in [-0.15, -0.1) is 0 Å². The lowest BCUT2D eigenvalue weighted by Gasteiger charge is -2.14. The zero-order valence-electron chi connectivity index (χ0n) is 10.7. The predicted molar refractivity (Wildman–Crippen MR) is 69.6 cm³/mol. The van der Waals surface area contributed by atoms with Crippen LogP contribution in [0.3, 0.4) is 0 Å². The number of nitrogens with zero attached hydrogens (tertiary/aromatic N) is 1. The van der Waals surface area contributed by atoms with Crippen molar-refractivity contribution in [3.8, 4) is 6.07 Å². The van der Waals surface area contributed by atoms with Gasteiger partial charge in [0.15, 0.2) is 0 Å². The van der Waals surface area contributed by atoms with E-state index < -0.39 is 0 Å². The van der Waals surface area contributed by atoms with E-state index >= 15 is 0 Å². The molecule has 0 radical (unpaired) electrons. The van der Waals surface area contributed by atoms with E-state index in [-0.39, 0.29) is 0 Å². The van der Waals surface area contributed by atoms with E-state index in [1.807, 2.05) is 12.1 Å². The van der Waals surface area contributed by atoms with Crippen LogP contribution in [-0.4, -0.2) is 6.54 Å². The smallest absolute Gasteiger partial charge is 0.0991 e. The first-order valence-electron chi connectivity index (χ1n) is 6.39. The lowest BCUT2D eigenvalue weighted by Crippen LogP contribution is -2.23. The number of nitriles is 1. The molecule has 1 N–H and O–H groups in total. The molecule has 2 heteroatoms. The van der Waals surface area contributed by atoms with Gasteiger partial charge in [0, 0.05) is 13.1 Å². The van der Waals surface area contributed by atoms with E-state index in [0.29, 0.717) is 5.41 Å². The van der Waals surface area contributed by atoms with Gasteiger partial charge < -0.3 is 5.32 Å². The number of benzene rings is 1. The second kappa shape index (κ2) is 4.89. The van der Waals surface area contributed by atoms with E-state index in [1.54, 1.807) is 0 Å². The first-order valence-corrected chi connectivity index (χ1v) is 6.39. The molecule has 1 aliphatic carbocycles. The van der Waals surface area contributed by atoms with Gasteiger partial charge in [0.2, 0.25) is 0 Å². The molecule has 0 amide bonds. The summed E-state index contributed by atoms with van der Waals surface area (Å²) in [6, 6.07) is 8.10. The maximum atomic E-state index is 8.81. The quantitative estimate of drug-likeness (QED) is 0.840. The predicted octanol–water partition coefficient (Wildman–Crippen LogP) is 3.15. The van der Waals surface area contributed by atoms with Crippen LogP contribution in [0.5, 0.6) is 0 Å². The van der Waals surface area contributed by atoms with Crippen molar-refractivity contribution in [2.75, 3.05) is 6.54 Å². The van der Waals surface area contributed by atoms with Crippen LogP contribution in [0.1, 0.15) is 42.9 Å². The summed E-state index contributed by atoms with van der Waals surface area (Å²) in [5, 5.41) is 12.4. The van der Waals surface area contributed by atoms with Crippen LogP contribution in [0.15, 0.2) is 18.2 Å². The van der Waals surface area contributed by atoms with E-state index in [1.165, 1.54) is 30.4 Å². The zero-order valence-corrected chi connectivity index (χ0v) is 10.7. The van der Waals surface area contributed by atoms with Crippen molar-refractivity contribution in [3.63, 3.8) is 0 Å². The maximum Gasteiger partial charge on any atom is 0.0991 e. The maximum absolute atomic E-state index is 8.81. The molecule has 0 bridgehead atoms. The van der Waals surface area contributed by atoms with Crippen molar-refractivity contribution < 1.29 is 0 Å². The SMILES string of the molecule is CCC1(CNCc2ccc(C#N)cc2C)CC1. The van der Waals surface area contributed by atoms with Crippen LogP contribution >= 0.6 is 0 Å². The van der Waals surface area contributed by atoms with Crippen LogP contribution < -0.4 is 5.32 Å². The highest BCUT2D eigenvalue weighted by molar-refractivity contribution is 5.37. The van der Waals surface area contributed by atoms with Gasteiger partial charge in [0.1, 0.15) is 0 Å². The summed E-state index contributed by atoms with van der Waals surface area (Å²) < 4.78 is 0. The van der Waals surface area contributed by atoms with Crippen molar-refractivity contribution in [2.45, 2.75) is 39.7 Å². The van der Waals surface area contributed by atoms with Crippen LogP contribution in [-0.2, 0) is 6.54 Å². The van der Waals surface area contributed by atoms with Crippen LogP contribution in [0, 0.1) is 23.7 Å². The Hall–Kier alpha value is -1.33. The molecule has 1 saturated carbocycles. The molecule has 0 unspecified atom stereocenters. The minimum atomic E-state index is 0.598. The first kappa shape index (κ1) is 12.1. The van der Waals surface area contributed by atoms with Crippen molar-refractivity contribution in [3.05, 3.63) is 34.9 Å². The fourth-order valence-corrected chi connectivity index (χ4v) is 2.26. The van der Waals surface area contributed by atoms with Gasteiger partial charge in [0.05, 0.1) is 11.6 Å². The third-order valence-corrected chi connectivity index (χ3v) is 3.99. The van der Waals surface area contributed by atoms with Crippen LogP contribution in [0.25, 0.3) is 0 Å². The van der Waals surface area contributed by atoms with Gasteiger partial charge in [-0.05, 0) is 54.9 Å². The summed E-state index contributed by atoms with van der Waals surface area (Å²) in [5.41, 5.74) is 3.85. The summed E-state index contributed by atoms with van der Waals surface area (Å²) in [5.74, 6) is 0. The minimum Gasteiger partial charge on any atom is -0.312 e. The Morgan fingerprint density at radius 3 is 2.71 bits per heavy atom. The molecule has 0 heterocycles. The second-order valence-corrected chi connectivity index (χ2v) is 5.21. The van der Waals surface area contributed by atoms with E-state index in [2.05, 4.69) is 31.3 Å². The topological polar surface area (TPSA) is 35.8 Å². The average Bonchev–Trinajstić information content (AvgIpc) is 3.12. The van der Waals surface area contributed by atoms with Gasteiger partial charge in [0.25, 0.3) is 0 Å². The number of rotatable bonds is 5. The molecule has 1 aromatic rings. The van der Waals surface area contributed by atoms with Crippen molar-refractivity contribution in [1.82, 2.24) is 5.32 Å². The van der Waals surface area contributed by atoms with E-state index in [0.717, 1.165) is 18.7 Å². The first-order chi connectivity index (χ1) is 8.19. The molecule has 0 atom stereocenters. The number of aryl methyl sites for hydroxylation is 1. The van der Waals surface area contributed by atoms with Gasteiger partial charge in [-0.25, -0.2) is 0 Å². The number of nitrogens with one attached hydrogen (secondary N) is 1. The Labute approximate surface area is 104 Å². The number of hydrogen-bond donors (Lipinski definition) is 1. The lowest BCUT2D eigenvalue weighted by molar-refractivity contribution is 0.443. The third kappa shape index (κ3) is 2.87. The molecular weight excluding hydrogens is 208 g/mol. The van der Waals surface area contributed by atoms with Crippen molar-refractivity contribution in [1.29, 1.82) is 5.26 Å². The summed E-state index contributed by atoms with van der Waals surface area (Å²) >= 11 is 0. The molecule has 17 heavy (non-hydrogen) atoms. The normalized spacial score (nSPS) is 16.5. The molecule has 1 fully saturated rings. The minimum absolute atomic E-state index is 0.598. The molecular formula is C15H20N2. The summed E-state index contributed by atoms with van der Waals surface area (Å²) in [6.45, 7) is 6.40. The highest BCUT2D eigenvalue weighted by Gasteiger charge is 2.39. The third-order valence-electron chi connectivity index (χ3n) is 3.99.